The van der Waals surface area contributed by atoms with Gasteiger partial charge in [-0.1, -0.05) is 17.1 Å². The maximum atomic E-state index is 10.2. The predicted molar refractivity (Wildman–Crippen MR) is 42.4 cm³/mol. The van der Waals surface area contributed by atoms with E-state index < -0.39 is 11.1 Å². The standard InChI is InChI=1S/C7H8O4S/c8-6-2-1-5(4-12(10)11)7(9)3-6/h1-3,8-9H,4H2,(H,10,11)/p-1. The minimum absolute atomic E-state index is 0.0899. The van der Waals surface area contributed by atoms with Crippen LogP contribution < -0.4 is 0 Å². The average molecular weight is 187 g/mol. The SMILES string of the molecule is O=S([O-])Cc1ccc(O)cc1O. The Morgan fingerprint density at radius 3 is 2.58 bits per heavy atom. The van der Waals surface area contributed by atoms with Crippen molar-refractivity contribution in [2.24, 2.45) is 0 Å². The van der Waals surface area contributed by atoms with Gasteiger partial charge in [-0.2, -0.15) is 0 Å². The molecule has 1 aromatic carbocycles. The first-order valence-electron chi connectivity index (χ1n) is 3.16. The third-order valence-electron chi connectivity index (χ3n) is 1.34. The van der Waals surface area contributed by atoms with Crippen LogP contribution in [0.4, 0.5) is 0 Å². The van der Waals surface area contributed by atoms with Crippen molar-refractivity contribution in [1.82, 2.24) is 0 Å². The van der Waals surface area contributed by atoms with Gasteiger partial charge in [-0.25, -0.2) is 0 Å². The number of hydrogen-bond acceptors (Lipinski definition) is 4. The van der Waals surface area contributed by atoms with Crippen molar-refractivity contribution in [2.75, 3.05) is 0 Å². The van der Waals surface area contributed by atoms with Gasteiger partial charge < -0.3 is 14.8 Å². The maximum absolute atomic E-state index is 10.2. The summed E-state index contributed by atoms with van der Waals surface area (Å²) >= 11 is -2.23. The molecule has 4 nitrogen and oxygen atoms in total. The minimum Gasteiger partial charge on any atom is -0.772 e. The lowest BCUT2D eigenvalue weighted by Gasteiger charge is -2.06. The second-order valence-electron chi connectivity index (χ2n) is 2.26. The number of rotatable bonds is 2. The van der Waals surface area contributed by atoms with E-state index in [0.29, 0.717) is 0 Å². The summed E-state index contributed by atoms with van der Waals surface area (Å²) in [6.45, 7) is 0. The molecule has 0 aliphatic carbocycles. The fourth-order valence-corrected chi connectivity index (χ4v) is 1.30. The van der Waals surface area contributed by atoms with Crippen molar-refractivity contribution in [3.05, 3.63) is 23.8 Å². The predicted octanol–water partition coefficient (Wildman–Crippen LogP) is 0.477. The minimum atomic E-state index is -2.23. The molecule has 1 unspecified atom stereocenters. The van der Waals surface area contributed by atoms with E-state index in [2.05, 4.69) is 0 Å². The van der Waals surface area contributed by atoms with E-state index in [0.717, 1.165) is 6.07 Å². The Balaban J connectivity index is 2.93. The van der Waals surface area contributed by atoms with Gasteiger partial charge in [0.2, 0.25) is 0 Å². The molecule has 1 atom stereocenters. The van der Waals surface area contributed by atoms with Crippen molar-refractivity contribution >= 4 is 11.1 Å². The quantitative estimate of drug-likeness (QED) is 0.660. The monoisotopic (exact) mass is 187 g/mol. The van der Waals surface area contributed by atoms with Crippen LogP contribution in [0.5, 0.6) is 11.5 Å². The number of phenols is 2. The maximum Gasteiger partial charge on any atom is 0.123 e. The van der Waals surface area contributed by atoms with Gasteiger partial charge in [-0.3, -0.25) is 4.21 Å². The smallest absolute Gasteiger partial charge is 0.123 e. The molecule has 5 heteroatoms. The van der Waals surface area contributed by atoms with E-state index in [-0.39, 0.29) is 22.8 Å². The first-order chi connectivity index (χ1) is 5.59. The number of phenolic OH excluding ortho intramolecular Hbond substituents is 2. The van der Waals surface area contributed by atoms with Gasteiger partial charge in [0.1, 0.15) is 11.5 Å². The molecule has 2 N–H and O–H groups in total. The van der Waals surface area contributed by atoms with Gasteiger partial charge in [-0.15, -0.1) is 0 Å². The molecule has 0 aliphatic heterocycles. The molecule has 66 valence electrons. The van der Waals surface area contributed by atoms with E-state index in [9.17, 15) is 8.76 Å². The first kappa shape index (κ1) is 9.02. The first-order valence-corrected chi connectivity index (χ1v) is 4.40. The highest BCUT2D eigenvalue weighted by Gasteiger charge is 2.01. The Bertz CT molecular complexity index is 310. The Hall–Kier alpha value is -1.07. The topological polar surface area (TPSA) is 80.6 Å². The molecule has 0 fully saturated rings. The van der Waals surface area contributed by atoms with Crippen LogP contribution in [0.1, 0.15) is 5.56 Å². The number of hydrogen-bond donors (Lipinski definition) is 2. The average Bonchev–Trinajstić information content (AvgIpc) is 1.94. The van der Waals surface area contributed by atoms with Gasteiger partial charge in [-0.05, 0) is 6.07 Å². The van der Waals surface area contributed by atoms with Crippen LogP contribution in [0.25, 0.3) is 0 Å². The van der Waals surface area contributed by atoms with Gasteiger partial charge in [0.05, 0.1) is 0 Å². The molecule has 0 heterocycles. The molecule has 1 aromatic rings. The summed E-state index contributed by atoms with van der Waals surface area (Å²) in [6, 6.07) is 3.78. The third kappa shape index (κ3) is 2.21. The van der Waals surface area contributed by atoms with Crippen molar-refractivity contribution < 1.29 is 19.0 Å². The molecule has 0 aromatic heterocycles. The Kier molecular flexibility index (Phi) is 2.67. The van der Waals surface area contributed by atoms with Crippen molar-refractivity contribution in [3.63, 3.8) is 0 Å². The molecule has 0 amide bonds. The Morgan fingerprint density at radius 1 is 1.42 bits per heavy atom. The Labute approximate surface area is 71.8 Å². The summed E-state index contributed by atoms with van der Waals surface area (Å²) in [5, 5.41) is 18.0. The van der Waals surface area contributed by atoms with Crippen molar-refractivity contribution in [2.45, 2.75) is 5.75 Å². The lowest BCUT2D eigenvalue weighted by Crippen LogP contribution is -1.93. The molecular weight excluding hydrogens is 180 g/mol. The summed E-state index contributed by atoms with van der Waals surface area (Å²) in [6.07, 6.45) is 0. The molecule has 0 radical (unpaired) electrons. The number of aromatic hydroxyl groups is 2. The molecular formula is C7H7O4S-. The van der Waals surface area contributed by atoms with Crippen LogP contribution >= 0.6 is 0 Å². The zero-order valence-electron chi connectivity index (χ0n) is 6.06. The highest BCUT2D eigenvalue weighted by atomic mass is 32.2. The normalized spacial score (nSPS) is 12.8. The van der Waals surface area contributed by atoms with Gasteiger partial charge in [0, 0.05) is 17.4 Å². The van der Waals surface area contributed by atoms with Crippen LogP contribution in [0.15, 0.2) is 18.2 Å². The lowest BCUT2D eigenvalue weighted by atomic mass is 10.2. The van der Waals surface area contributed by atoms with Crippen LogP contribution in [0.2, 0.25) is 0 Å². The fourth-order valence-electron chi connectivity index (χ4n) is 0.801. The van der Waals surface area contributed by atoms with Crippen LogP contribution in [0, 0.1) is 0 Å². The zero-order valence-corrected chi connectivity index (χ0v) is 6.87. The van der Waals surface area contributed by atoms with Gasteiger partial charge in [0.15, 0.2) is 0 Å². The molecule has 1 rings (SSSR count). The third-order valence-corrected chi connectivity index (χ3v) is 1.89. The lowest BCUT2D eigenvalue weighted by molar-refractivity contribution is 0.446. The van der Waals surface area contributed by atoms with Crippen LogP contribution in [-0.4, -0.2) is 19.0 Å². The summed E-state index contributed by atoms with van der Waals surface area (Å²) in [5.41, 5.74) is 0.279. The largest absolute Gasteiger partial charge is 0.772 e. The van der Waals surface area contributed by atoms with E-state index in [1.165, 1.54) is 12.1 Å². The highest BCUT2D eigenvalue weighted by molar-refractivity contribution is 7.78. The zero-order chi connectivity index (χ0) is 9.14. The summed E-state index contributed by atoms with van der Waals surface area (Å²) in [5.74, 6) is -0.543. The molecule has 0 spiro atoms. The van der Waals surface area contributed by atoms with Gasteiger partial charge >= 0.3 is 0 Å². The second kappa shape index (κ2) is 3.55. The Morgan fingerprint density at radius 2 is 2.08 bits per heavy atom. The van der Waals surface area contributed by atoms with E-state index >= 15 is 0 Å². The van der Waals surface area contributed by atoms with Crippen molar-refractivity contribution in [1.29, 1.82) is 0 Å². The molecule has 0 bridgehead atoms. The summed E-state index contributed by atoms with van der Waals surface area (Å²) < 4.78 is 20.5. The summed E-state index contributed by atoms with van der Waals surface area (Å²) in [7, 11) is 0. The van der Waals surface area contributed by atoms with Crippen LogP contribution in [-0.2, 0) is 16.8 Å². The van der Waals surface area contributed by atoms with Crippen molar-refractivity contribution in [3.8, 4) is 11.5 Å². The molecule has 0 aliphatic rings. The fraction of sp³-hybridized carbons (Fsp3) is 0.143. The highest BCUT2D eigenvalue weighted by Crippen LogP contribution is 2.23. The van der Waals surface area contributed by atoms with E-state index in [1.807, 2.05) is 0 Å². The molecule has 0 saturated carbocycles. The summed E-state index contributed by atoms with van der Waals surface area (Å²) in [4.78, 5) is 0. The van der Waals surface area contributed by atoms with Crippen LogP contribution in [0.3, 0.4) is 0 Å². The van der Waals surface area contributed by atoms with E-state index in [4.69, 9.17) is 10.2 Å². The van der Waals surface area contributed by atoms with E-state index in [1.54, 1.807) is 0 Å². The number of benzene rings is 1. The van der Waals surface area contributed by atoms with Gasteiger partial charge in [0.25, 0.3) is 0 Å². The molecule has 0 saturated heterocycles. The second-order valence-corrected chi connectivity index (χ2v) is 3.16. The molecule has 12 heavy (non-hydrogen) atoms.